The Bertz CT molecular complexity index is 565. The molecule has 0 amide bonds. The highest BCUT2D eigenvalue weighted by molar-refractivity contribution is 7.15. The van der Waals surface area contributed by atoms with Crippen molar-refractivity contribution in [2.24, 2.45) is 7.05 Å². The van der Waals surface area contributed by atoms with Gasteiger partial charge in [0, 0.05) is 57.5 Å². The first-order valence-corrected chi connectivity index (χ1v) is 7.76. The maximum atomic E-state index is 5.03. The number of rotatable bonds is 8. The Morgan fingerprint density at radius 3 is 2.95 bits per heavy atom. The third-order valence-corrected chi connectivity index (χ3v) is 4.43. The molecule has 2 aromatic heterocycles. The Morgan fingerprint density at radius 1 is 1.48 bits per heavy atom. The Kier molecular flexibility index (Phi) is 5.72. The van der Waals surface area contributed by atoms with Crippen LogP contribution in [0.25, 0.3) is 0 Å². The molecule has 0 aliphatic carbocycles. The first kappa shape index (κ1) is 15.9. The van der Waals surface area contributed by atoms with Crippen LogP contribution >= 0.6 is 11.3 Å². The van der Waals surface area contributed by atoms with Crippen LogP contribution in [-0.4, -0.2) is 42.1 Å². The highest BCUT2D eigenvalue weighted by atomic mass is 32.1. The summed E-state index contributed by atoms with van der Waals surface area (Å²) in [7, 11) is 5.71. The van der Waals surface area contributed by atoms with E-state index in [2.05, 4.69) is 34.3 Å². The second-order valence-corrected chi connectivity index (χ2v) is 6.11. The summed E-state index contributed by atoms with van der Waals surface area (Å²) in [6.07, 6.45) is 3.92. The van der Waals surface area contributed by atoms with E-state index in [1.807, 2.05) is 24.1 Å². The number of hydrogen-bond donors (Lipinski definition) is 1. The van der Waals surface area contributed by atoms with Crippen LogP contribution in [0.1, 0.15) is 16.1 Å². The molecule has 0 atom stereocenters. The molecule has 0 aliphatic rings. The van der Waals surface area contributed by atoms with Crippen LogP contribution in [0.5, 0.6) is 0 Å². The van der Waals surface area contributed by atoms with E-state index in [0.717, 1.165) is 37.1 Å². The van der Waals surface area contributed by atoms with Crippen LogP contribution in [0.15, 0.2) is 12.4 Å². The van der Waals surface area contributed by atoms with Crippen molar-refractivity contribution in [1.29, 1.82) is 0 Å². The molecular formula is C14H23N5OS. The third-order valence-electron chi connectivity index (χ3n) is 3.15. The number of aromatic nitrogens is 3. The van der Waals surface area contributed by atoms with Crippen LogP contribution in [0.3, 0.4) is 0 Å². The van der Waals surface area contributed by atoms with Gasteiger partial charge in [0.15, 0.2) is 5.13 Å². The van der Waals surface area contributed by atoms with E-state index in [4.69, 9.17) is 4.74 Å². The van der Waals surface area contributed by atoms with Gasteiger partial charge in [-0.25, -0.2) is 4.98 Å². The van der Waals surface area contributed by atoms with Gasteiger partial charge >= 0.3 is 0 Å². The summed E-state index contributed by atoms with van der Waals surface area (Å²) in [4.78, 5) is 8.10. The van der Waals surface area contributed by atoms with Gasteiger partial charge < -0.3 is 15.0 Å². The zero-order chi connectivity index (χ0) is 15.2. The molecule has 7 heteroatoms. The second kappa shape index (κ2) is 7.53. The molecule has 21 heavy (non-hydrogen) atoms. The van der Waals surface area contributed by atoms with E-state index < -0.39 is 0 Å². The molecule has 0 saturated heterocycles. The van der Waals surface area contributed by atoms with Gasteiger partial charge in [-0.1, -0.05) is 0 Å². The summed E-state index contributed by atoms with van der Waals surface area (Å²) in [5.74, 6) is 0. The summed E-state index contributed by atoms with van der Waals surface area (Å²) >= 11 is 1.74. The van der Waals surface area contributed by atoms with Crippen molar-refractivity contribution in [2.75, 3.05) is 32.2 Å². The van der Waals surface area contributed by atoms with E-state index in [1.165, 1.54) is 10.4 Å². The number of aryl methyl sites for hydroxylation is 2. The lowest BCUT2D eigenvalue weighted by atomic mass is 10.3. The van der Waals surface area contributed by atoms with Crippen molar-refractivity contribution < 1.29 is 4.74 Å². The Labute approximate surface area is 129 Å². The summed E-state index contributed by atoms with van der Waals surface area (Å²) in [5.41, 5.74) is 2.28. The number of ether oxygens (including phenoxy) is 1. The number of nitrogens with zero attached hydrogens (tertiary/aromatic N) is 4. The number of anilines is 1. The Hall–Kier alpha value is -1.44. The predicted octanol–water partition coefficient (Wildman–Crippen LogP) is 1.56. The molecule has 0 fully saturated rings. The largest absolute Gasteiger partial charge is 0.383 e. The maximum Gasteiger partial charge on any atom is 0.185 e. The molecule has 2 aromatic rings. The highest BCUT2D eigenvalue weighted by Gasteiger charge is 2.12. The molecule has 6 nitrogen and oxygen atoms in total. The van der Waals surface area contributed by atoms with Gasteiger partial charge in [0.25, 0.3) is 0 Å². The van der Waals surface area contributed by atoms with Crippen molar-refractivity contribution in [3.8, 4) is 0 Å². The minimum absolute atomic E-state index is 0.728. The fourth-order valence-corrected chi connectivity index (χ4v) is 3.00. The first-order chi connectivity index (χ1) is 10.1. The quantitative estimate of drug-likeness (QED) is 0.750. The molecule has 0 aromatic carbocycles. The molecule has 0 bridgehead atoms. The minimum Gasteiger partial charge on any atom is -0.383 e. The Morgan fingerprint density at radius 2 is 2.29 bits per heavy atom. The number of thiazole rings is 1. The van der Waals surface area contributed by atoms with Crippen LogP contribution in [-0.2, 0) is 24.9 Å². The molecule has 2 heterocycles. The number of methoxy groups -OCH3 is 1. The first-order valence-electron chi connectivity index (χ1n) is 6.94. The van der Waals surface area contributed by atoms with E-state index in [-0.39, 0.29) is 0 Å². The molecule has 2 rings (SSSR count). The zero-order valence-corrected chi connectivity index (χ0v) is 13.9. The lowest BCUT2D eigenvalue weighted by molar-refractivity contribution is 0.199. The number of nitrogens with one attached hydrogen (secondary N) is 1. The number of hydrogen-bond acceptors (Lipinski definition) is 6. The molecule has 0 radical (unpaired) electrons. The van der Waals surface area contributed by atoms with Crippen molar-refractivity contribution in [1.82, 2.24) is 20.1 Å². The van der Waals surface area contributed by atoms with Crippen molar-refractivity contribution >= 4 is 16.5 Å². The maximum absolute atomic E-state index is 5.03. The lowest BCUT2D eigenvalue weighted by Gasteiger charge is -2.14. The van der Waals surface area contributed by atoms with Crippen molar-refractivity contribution in [2.45, 2.75) is 20.0 Å². The van der Waals surface area contributed by atoms with Gasteiger partial charge in [-0.05, 0) is 6.92 Å². The van der Waals surface area contributed by atoms with Gasteiger partial charge in [0.2, 0.25) is 0 Å². The van der Waals surface area contributed by atoms with Crippen molar-refractivity contribution in [3.63, 3.8) is 0 Å². The minimum atomic E-state index is 0.728. The summed E-state index contributed by atoms with van der Waals surface area (Å²) in [5, 5.41) is 8.60. The van der Waals surface area contributed by atoms with E-state index >= 15 is 0 Å². The average molecular weight is 309 g/mol. The zero-order valence-electron chi connectivity index (χ0n) is 13.1. The van der Waals surface area contributed by atoms with Gasteiger partial charge in [0.05, 0.1) is 18.5 Å². The molecule has 1 N–H and O–H groups in total. The van der Waals surface area contributed by atoms with Crippen molar-refractivity contribution in [3.05, 3.63) is 28.5 Å². The van der Waals surface area contributed by atoms with Gasteiger partial charge in [-0.2, -0.15) is 5.10 Å². The van der Waals surface area contributed by atoms with E-state index in [9.17, 15) is 0 Å². The third kappa shape index (κ3) is 4.52. The van der Waals surface area contributed by atoms with Crippen LogP contribution in [0.2, 0.25) is 0 Å². The summed E-state index contributed by atoms with van der Waals surface area (Å²) < 4.78 is 6.85. The summed E-state index contributed by atoms with van der Waals surface area (Å²) in [6, 6.07) is 0. The monoisotopic (exact) mass is 309 g/mol. The fourth-order valence-electron chi connectivity index (χ4n) is 2.01. The second-order valence-electron chi connectivity index (χ2n) is 5.05. The molecule has 0 unspecified atom stereocenters. The van der Waals surface area contributed by atoms with Crippen LogP contribution < -0.4 is 10.2 Å². The van der Waals surface area contributed by atoms with Crippen LogP contribution in [0, 0.1) is 6.92 Å². The highest BCUT2D eigenvalue weighted by Crippen LogP contribution is 2.26. The molecule has 0 saturated carbocycles. The topological polar surface area (TPSA) is 55.2 Å². The van der Waals surface area contributed by atoms with E-state index in [1.54, 1.807) is 18.4 Å². The molecule has 0 aliphatic heterocycles. The molecule has 116 valence electrons. The lowest BCUT2D eigenvalue weighted by Crippen LogP contribution is -2.18. The average Bonchev–Trinajstić information content (AvgIpc) is 3.01. The van der Waals surface area contributed by atoms with Gasteiger partial charge in [0.1, 0.15) is 0 Å². The summed E-state index contributed by atoms with van der Waals surface area (Å²) in [6.45, 7) is 5.30. The van der Waals surface area contributed by atoms with E-state index in [0.29, 0.717) is 0 Å². The predicted molar refractivity (Wildman–Crippen MR) is 85.7 cm³/mol. The van der Waals surface area contributed by atoms with Crippen LogP contribution in [0.4, 0.5) is 5.13 Å². The van der Waals surface area contributed by atoms with Gasteiger partial charge in [-0.3, -0.25) is 4.68 Å². The van der Waals surface area contributed by atoms with Gasteiger partial charge in [-0.15, -0.1) is 11.3 Å². The fraction of sp³-hybridized carbons (Fsp3) is 0.571. The molecular weight excluding hydrogens is 286 g/mol. The smallest absolute Gasteiger partial charge is 0.185 e. The Balaban J connectivity index is 1.93. The molecule has 0 spiro atoms. The normalized spacial score (nSPS) is 11.0. The SMILES string of the molecule is COCCNCc1sc(N(C)Cc2cnn(C)c2)nc1C. The standard InChI is InChI=1S/C14H23N5OS/c1-11-13(8-15-5-6-20-4)21-14(17-11)18(2)9-12-7-16-19(3)10-12/h7,10,15H,5-6,8-9H2,1-4H3.